The Morgan fingerprint density at radius 3 is 2.26 bits per heavy atom. The molecule has 0 amide bonds. The summed E-state index contributed by atoms with van der Waals surface area (Å²) in [4.78, 5) is 0. The molecule has 0 bridgehead atoms. The van der Waals surface area contributed by atoms with Gasteiger partial charge >= 0.3 is 0 Å². The molecular formula is C14H14Cl2O2S. The number of hydrogen-bond acceptors (Lipinski definition) is 3. The van der Waals surface area contributed by atoms with Crippen molar-refractivity contribution in [1.29, 1.82) is 0 Å². The van der Waals surface area contributed by atoms with E-state index in [-0.39, 0.29) is 6.10 Å². The van der Waals surface area contributed by atoms with Crippen LogP contribution in [0.1, 0.15) is 31.1 Å². The van der Waals surface area contributed by atoms with E-state index in [4.69, 9.17) is 27.9 Å². The molecular weight excluding hydrogens is 303 g/mol. The molecule has 1 N–H and O–H groups in total. The van der Waals surface area contributed by atoms with Crippen LogP contribution in [0.3, 0.4) is 0 Å². The first-order chi connectivity index (χ1) is 8.97. The Morgan fingerprint density at radius 2 is 1.79 bits per heavy atom. The minimum Gasteiger partial charge on any atom is -0.491 e. The number of aliphatic hydroxyl groups is 1. The van der Waals surface area contributed by atoms with Gasteiger partial charge in [0.15, 0.2) is 0 Å². The van der Waals surface area contributed by atoms with E-state index >= 15 is 0 Å². The van der Waals surface area contributed by atoms with Crippen molar-refractivity contribution < 1.29 is 9.84 Å². The van der Waals surface area contributed by atoms with E-state index in [2.05, 4.69) is 0 Å². The van der Waals surface area contributed by atoms with Crippen molar-refractivity contribution >= 4 is 34.5 Å². The molecule has 1 atom stereocenters. The third kappa shape index (κ3) is 3.63. The zero-order chi connectivity index (χ0) is 14.0. The summed E-state index contributed by atoms with van der Waals surface area (Å²) in [6, 6.07) is 9.01. The number of aliphatic hydroxyl groups excluding tert-OH is 1. The van der Waals surface area contributed by atoms with Gasteiger partial charge in [0.1, 0.15) is 16.2 Å². The number of ether oxygens (including phenoxy) is 1. The van der Waals surface area contributed by atoms with Crippen LogP contribution in [-0.2, 0) is 0 Å². The molecule has 0 aliphatic carbocycles. The predicted molar refractivity (Wildman–Crippen MR) is 80.6 cm³/mol. The fourth-order valence-electron chi connectivity index (χ4n) is 1.72. The average molecular weight is 317 g/mol. The summed E-state index contributed by atoms with van der Waals surface area (Å²) in [5, 5.41) is 10.3. The fraction of sp³-hybridized carbons (Fsp3) is 0.286. The van der Waals surface area contributed by atoms with Crippen LogP contribution in [-0.4, -0.2) is 11.2 Å². The van der Waals surface area contributed by atoms with Crippen molar-refractivity contribution in [2.24, 2.45) is 0 Å². The lowest BCUT2D eigenvalue weighted by atomic mass is 10.0. The molecule has 0 spiro atoms. The number of halogens is 2. The van der Waals surface area contributed by atoms with E-state index in [9.17, 15) is 5.11 Å². The van der Waals surface area contributed by atoms with Crippen LogP contribution in [0.5, 0.6) is 5.75 Å². The highest BCUT2D eigenvalue weighted by atomic mass is 35.5. The summed E-state index contributed by atoms with van der Waals surface area (Å²) in [6.07, 6.45) is -0.648. The van der Waals surface area contributed by atoms with E-state index in [0.717, 1.165) is 11.3 Å². The number of rotatable bonds is 4. The van der Waals surface area contributed by atoms with E-state index < -0.39 is 6.10 Å². The molecule has 19 heavy (non-hydrogen) atoms. The van der Waals surface area contributed by atoms with Gasteiger partial charge in [0.2, 0.25) is 0 Å². The molecule has 0 fully saturated rings. The Balaban J connectivity index is 2.20. The Morgan fingerprint density at radius 1 is 1.16 bits per heavy atom. The minimum absolute atomic E-state index is 0.126. The molecule has 1 heterocycles. The monoisotopic (exact) mass is 316 g/mol. The molecule has 1 aromatic carbocycles. The summed E-state index contributed by atoms with van der Waals surface area (Å²) in [7, 11) is 0. The maximum Gasteiger partial charge on any atom is 0.119 e. The van der Waals surface area contributed by atoms with Crippen molar-refractivity contribution in [1.82, 2.24) is 0 Å². The van der Waals surface area contributed by atoms with Crippen LogP contribution in [0, 0.1) is 0 Å². The summed E-state index contributed by atoms with van der Waals surface area (Å²) in [5.74, 6) is 0.778. The zero-order valence-electron chi connectivity index (χ0n) is 10.6. The highest BCUT2D eigenvalue weighted by Gasteiger charge is 2.17. The predicted octanol–water partition coefficient (Wildman–Crippen LogP) is 4.92. The van der Waals surface area contributed by atoms with Gasteiger partial charge < -0.3 is 9.84 Å². The summed E-state index contributed by atoms with van der Waals surface area (Å²) >= 11 is 13.2. The van der Waals surface area contributed by atoms with Crippen LogP contribution in [0.25, 0.3) is 0 Å². The molecule has 0 aliphatic heterocycles. The van der Waals surface area contributed by atoms with Gasteiger partial charge in [0, 0.05) is 5.56 Å². The first-order valence-corrected chi connectivity index (χ1v) is 7.44. The lowest BCUT2D eigenvalue weighted by molar-refractivity contribution is 0.220. The number of hydrogen-bond donors (Lipinski definition) is 1. The molecule has 0 radical (unpaired) electrons. The van der Waals surface area contributed by atoms with Crippen molar-refractivity contribution in [3.8, 4) is 5.75 Å². The quantitative estimate of drug-likeness (QED) is 0.867. The van der Waals surface area contributed by atoms with E-state index in [0.29, 0.717) is 14.2 Å². The van der Waals surface area contributed by atoms with Gasteiger partial charge in [-0.2, -0.15) is 0 Å². The summed E-state index contributed by atoms with van der Waals surface area (Å²) in [6.45, 7) is 3.94. The number of thiophene rings is 1. The molecule has 1 unspecified atom stereocenters. The zero-order valence-corrected chi connectivity index (χ0v) is 12.9. The van der Waals surface area contributed by atoms with Gasteiger partial charge in [-0.1, -0.05) is 35.3 Å². The minimum atomic E-state index is -0.774. The average Bonchev–Trinajstić information content (AvgIpc) is 2.68. The van der Waals surface area contributed by atoms with Crippen LogP contribution >= 0.6 is 34.5 Å². The Labute approximate surface area is 126 Å². The molecule has 1 aromatic heterocycles. The molecule has 0 aliphatic rings. The van der Waals surface area contributed by atoms with Crippen LogP contribution in [0.4, 0.5) is 0 Å². The lowest BCUT2D eigenvalue weighted by Crippen LogP contribution is -2.05. The smallest absolute Gasteiger partial charge is 0.119 e. The fourth-order valence-corrected chi connectivity index (χ4v) is 3.24. The first kappa shape index (κ1) is 14.7. The second kappa shape index (κ2) is 6.14. The molecule has 5 heteroatoms. The first-order valence-electron chi connectivity index (χ1n) is 5.87. The Hall–Kier alpha value is -0.740. The van der Waals surface area contributed by atoms with Gasteiger partial charge in [-0.3, -0.25) is 0 Å². The number of benzene rings is 1. The Kier molecular flexibility index (Phi) is 4.74. The standard InChI is InChI=1S/C14H14Cl2O2S/c1-8(2)18-10-5-3-9(4-6-10)13(17)11-7-12(15)19-14(11)16/h3-8,13,17H,1-2H3. The SMILES string of the molecule is CC(C)Oc1ccc(C(O)c2cc(Cl)sc2Cl)cc1. The molecule has 0 saturated heterocycles. The molecule has 102 valence electrons. The Bertz CT molecular complexity index is 549. The van der Waals surface area contributed by atoms with Crippen LogP contribution in [0.15, 0.2) is 30.3 Å². The van der Waals surface area contributed by atoms with Gasteiger partial charge in [-0.05, 0) is 37.6 Å². The largest absolute Gasteiger partial charge is 0.491 e. The second-order valence-corrected chi connectivity index (χ2v) is 6.70. The van der Waals surface area contributed by atoms with Crippen molar-refractivity contribution in [3.63, 3.8) is 0 Å². The third-order valence-electron chi connectivity index (χ3n) is 2.55. The topological polar surface area (TPSA) is 29.5 Å². The van der Waals surface area contributed by atoms with Crippen molar-refractivity contribution in [2.45, 2.75) is 26.1 Å². The van der Waals surface area contributed by atoms with Gasteiger partial charge in [0.25, 0.3) is 0 Å². The van der Waals surface area contributed by atoms with E-state index in [1.54, 1.807) is 6.07 Å². The van der Waals surface area contributed by atoms with Crippen molar-refractivity contribution in [3.05, 3.63) is 50.1 Å². The third-order valence-corrected chi connectivity index (χ3v) is 4.06. The molecule has 2 aromatic rings. The van der Waals surface area contributed by atoms with Gasteiger partial charge in [0.05, 0.1) is 10.4 Å². The summed E-state index contributed by atoms with van der Waals surface area (Å²) < 4.78 is 6.64. The van der Waals surface area contributed by atoms with Gasteiger partial charge in [-0.15, -0.1) is 11.3 Å². The van der Waals surface area contributed by atoms with Crippen molar-refractivity contribution in [2.75, 3.05) is 0 Å². The maximum absolute atomic E-state index is 10.3. The normalized spacial score (nSPS) is 12.7. The molecule has 2 nitrogen and oxygen atoms in total. The second-order valence-electron chi connectivity index (χ2n) is 4.42. The lowest BCUT2D eigenvalue weighted by Gasteiger charge is -2.13. The highest BCUT2D eigenvalue weighted by molar-refractivity contribution is 7.20. The van der Waals surface area contributed by atoms with Crippen LogP contribution < -0.4 is 4.74 Å². The highest BCUT2D eigenvalue weighted by Crippen LogP contribution is 2.37. The van der Waals surface area contributed by atoms with Gasteiger partial charge in [-0.25, -0.2) is 0 Å². The summed E-state index contributed by atoms with van der Waals surface area (Å²) in [5.41, 5.74) is 1.39. The maximum atomic E-state index is 10.3. The van der Waals surface area contributed by atoms with E-state index in [1.165, 1.54) is 11.3 Å². The van der Waals surface area contributed by atoms with E-state index in [1.807, 2.05) is 38.1 Å². The molecule has 2 rings (SSSR count). The molecule has 0 saturated carbocycles. The van der Waals surface area contributed by atoms with Crippen LogP contribution in [0.2, 0.25) is 8.67 Å².